The van der Waals surface area contributed by atoms with Gasteiger partial charge in [-0.15, -0.1) is 0 Å². The van der Waals surface area contributed by atoms with Crippen molar-refractivity contribution in [2.75, 3.05) is 0 Å². The summed E-state index contributed by atoms with van der Waals surface area (Å²) in [5.74, 6) is -0.429. The third-order valence-corrected chi connectivity index (χ3v) is 4.15. The summed E-state index contributed by atoms with van der Waals surface area (Å²) < 4.78 is 0. The molecule has 1 aromatic rings. The molecule has 4 heteroatoms. The van der Waals surface area contributed by atoms with Crippen LogP contribution < -0.4 is 5.32 Å². The molecule has 1 aliphatic heterocycles. The molecule has 1 heterocycles. The molecular formula is C13H14BrNO2. The fourth-order valence-corrected chi connectivity index (χ4v) is 2.98. The lowest BCUT2D eigenvalue weighted by Gasteiger charge is -2.37. The molecular weight excluding hydrogens is 282 g/mol. The number of amides is 2. The van der Waals surface area contributed by atoms with Crippen LogP contribution >= 0.6 is 15.9 Å². The van der Waals surface area contributed by atoms with E-state index in [1.165, 1.54) is 0 Å². The molecule has 2 rings (SSSR count). The first kappa shape index (κ1) is 12.3. The molecule has 0 spiro atoms. The third kappa shape index (κ3) is 2.02. The molecule has 1 fully saturated rings. The fourth-order valence-electron chi connectivity index (χ4n) is 2.32. The van der Waals surface area contributed by atoms with Gasteiger partial charge in [-0.25, -0.2) is 0 Å². The second-order valence-electron chi connectivity index (χ2n) is 4.29. The SMILES string of the molecule is CC[C@]1(c2ccccc2)C[C@H](Br)C(=O)NC1=O. The minimum atomic E-state index is -0.594. The van der Waals surface area contributed by atoms with Crippen LogP contribution in [0.4, 0.5) is 0 Å². The van der Waals surface area contributed by atoms with Crippen LogP contribution in [0.1, 0.15) is 25.3 Å². The maximum atomic E-state index is 12.2. The molecule has 1 N–H and O–H groups in total. The van der Waals surface area contributed by atoms with Crippen molar-refractivity contribution in [1.82, 2.24) is 5.32 Å². The number of imide groups is 1. The Balaban J connectivity index is 2.44. The molecule has 17 heavy (non-hydrogen) atoms. The van der Waals surface area contributed by atoms with E-state index in [-0.39, 0.29) is 16.6 Å². The number of halogens is 1. The Labute approximate surface area is 109 Å². The number of alkyl halides is 1. The molecule has 0 bridgehead atoms. The Hall–Kier alpha value is -1.16. The van der Waals surface area contributed by atoms with Gasteiger partial charge in [-0.1, -0.05) is 53.2 Å². The smallest absolute Gasteiger partial charge is 0.240 e. The summed E-state index contributed by atoms with van der Waals surface area (Å²) in [6.07, 6.45) is 1.19. The lowest BCUT2D eigenvalue weighted by atomic mass is 9.72. The van der Waals surface area contributed by atoms with Crippen LogP contribution in [0, 0.1) is 0 Å². The molecule has 0 radical (unpaired) electrons. The highest BCUT2D eigenvalue weighted by molar-refractivity contribution is 9.10. The monoisotopic (exact) mass is 295 g/mol. The van der Waals surface area contributed by atoms with Crippen molar-refractivity contribution in [3.63, 3.8) is 0 Å². The zero-order chi connectivity index (χ0) is 12.5. The topological polar surface area (TPSA) is 46.2 Å². The molecule has 0 unspecified atom stereocenters. The predicted molar refractivity (Wildman–Crippen MR) is 68.9 cm³/mol. The molecule has 90 valence electrons. The Bertz CT molecular complexity index is 446. The van der Waals surface area contributed by atoms with Crippen molar-refractivity contribution in [2.45, 2.75) is 30.0 Å². The first-order valence-electron chi connectivity index (χ1n) is 5.65. The lowest BCUT2D eigenvalue weighted by Crippen LogP contribution is -2.55. The number of rotatable bonds is 2. The van der Waals surface area contributed by atoms with E-state index >= 15 is 0 Å². The van der Waals surface area contributed by atoms with Gasteiger partial charge in [0.2, 0.25) is 11.8 Å². The van der Waals surface area contributed by atoms with Crippen molar-refractivity contribution >= 4 is 27.7 Å². The maximum Gasteiger partial charge on any atom is 0.240 e. The van der Waals surface area contributed by atoms with Crippen LogP contribution in [0.25, 0.3) is 0 Å². The molecule has 1 aromatic carbocycles. The second-order valence-corrected chi connectivity index (χ2v) is 5.40. The normalized spacial score (nSPS) is 28.9. The zero-order valence-electron chi connectivity index (χ0n) is 9.57. The van der Waals surface area contributed by atoms with Crippen LogP contribution in [-0.2, 0) is 15.0 Å². The van der Waals surface area contributed by atoms with Gasteiger partial charge in [0.1, 0.15) is 0 Å². The van der Waals surface area contributed by atoms with Crippen molar-refractivity contribution in [3.05, 3.63) is 35.9 Å². The summed E-state index contributed by atoms with van der Waals surface area (Å²) in [5.41, 5.74) is 0.375. The van der Waals surface area contributed by atoms with Crippen molar-refractivity contribution in [1.29, 1.82) is 0 Å². The van der Waals surface area contributed by atoms with E-state index < -0.39 is 5.41 Å². The largest absolute Gasteiger partial charge is 0.295 e. The van der Waals surface area contributed by atoms with Gasteiger partial charge in [-0.3, -0.25) is 14.9 Å². The number of carbonyl (C=O) groups excluding carboxylic acids is 2. The minimum Gasteiger partial charge on any atom is -0.295 e. The molecule has 0 aliphatic carbocycles. The first-order chi connectivity index (χ1) is 8.10. The zero-order valence-corrected chi connectivity index (χ0v) is 11.2. The summed E-state index contributed by atoms with van der Waals surface area (Å²) in [4.78, 5) is 23.3. The van der Waals surface area contributed by atoms with Gasteiger partial charge in [0.05, 0.1) is 10.2 Å². The fraction of sp³-hybridized carbons (Fsp3) is 0.385. The van der Waals surface area contributed by atoms with E-state index in [0.717, 1.165) is 5.56 Å². The predicted octanol–water partition coefficient (Wildman–Crippen LogP) is 2.14. The minimum absolute atomic E-state index is 0.188. The van der Waals surface area contributed by atoms with Gasteiger partial charge < -0.3 is 0 Å². The molecule has 3 nitrogen and oxygen atoms in total. The summed E-state index contributed by atoms with van der Waals surface area (Å²) in [5, 5.41) is 2.44. The number of carbonyl (C=O) groups is 2. The number of benzene rings is 1. The van der Waals surface area contributed by atoms with Crippen LogP contribution in [0.2, 0.25) is 0 Å². The van der Waals surface area contributed by atoms with E-state index in [1.54, 1.807) is 0 Å². The van der Waals surface area contributed by atoms with E-state index in [9.17, 15) is 9.59 Å². The summed E-state index contributed by atoms with van der Waals surface area (Å²) in [6.45, 7) is 1.97. The average Bonchev–Trinajstić information content (AvgIpc) is 2.35. The number of nitrogens with one attached hydrogen (secondary N) is 1. The first-order valence-corrected chi connectivity index (χ1v) is 6.56. The van der Waals surface area contributed by atoms with Gasteiger partial charge in [0, 0.05) is 0 Å². The molecule has 0 aromatic heterocycles. The van der Waals surface area contributed by atoms with E-state index in [1.807, 2.05) is 37.3 Å². The average molecular weight is 296 g/mol. The van der Waals surface area contributed by atoms with E-state index in [0.29, 0.717) is 12.8 Å². The van der Waals surface area contributed by atoms with Crippen LogP contribution in [-0.4, -0.2) is 16.6 Å². The van der Waals surface area contributed by atoms with Crippen LogP contribution in [0.15, 0.2) is 30.3 Å². The van der Waals surface area contributed by atoms with E-state index in [2.05, 4.69) is 21.2 Å². The van der Waals surface area contributed by atoms with Gasteiger partial charge in [0.15, 0.2) is 0 Å². The molecule has 1 saturated heterocycles. The Morgan fingerprint density at radius 3 is 2.59 bits per heavy atom. The summed E-state index contributed by atoms with van der Waals surface area (Å²) in [7, 11) is 0. The molecule has 1 aliphatic rings. The van der Waals surface area contributed by atoms with Crippen molar-refractivity contribution in [3.8, 4) is 0 Å². The highest BCUT2D eigenvalue weighted by Crippen LogP contribution is 2.37. The molecule has 0 saturated carbocycles. The highest BCUT2D eigenvalue weighted by atomic mass is 79.9. The quantitative estimate of drug-likeness (QED) is 0.671. The van der Waals surface area contributed by atoms with Crippen LogP contribution in [0.3, 0.4) is 0 Å². The molecule has 2 atom stereocenters. The van der Waals surface area contributed by atoms with Crippen LogP contribution in [0.5, 0.6) is 0 Å². The van der Waals surface area contributed by atoms with Crippen molar-refractivity contribution < 1.29 is 9.59 Å². The second kappa shape index (κ2) is 4.61. The number of hydrogen-bond donors (Lipinski definition) is 1. The van der Waals surface area contributed by atoms with Gasteiger partial charge in [-0.05, 0) is 18.4 Å². The number of piperidine rings is 1. The Morgan fingerprint density at radius 1 is 1.35 bits per heavy atom. The van der Waals surface area contributed by atoms with Gasteiger partial charge in [-0.2, -0.15) is 0 Å². The Kier molecular flexibility index (Phi) is 3.33. The highest BCUT2D eigenvalue weighted by Gasteiger charge is 2.46. The summed E-state index contributed by atoms with van der Waals surface area (Å²) >= 11 is 3.33. The third-order valence-electron chi connectivity index (χ3n) is 3.41. The maximum absolute atomic E-state index is 12.2. The standard InChI is InChI=1S/C13H14BrNO2/c1-2-13(9-6-4-3-5-7-9)8-10(14)11(16)15-12(13)17/h3-7,10H,2,8H2,1H3,(H,15,16,17)/t10-,13+/m0/s1. The number of hydrogen-bond acceptors (Lipinski definition) is 2. The van der Waals surface area contributed by atoms with Gasteiger partial charge in [0.25, 0.3) is 0 Å². The lowest BCUT2D eigenvalue weighted by molar-refractivity contribution is -0.137. The van der Waals surface area contributed by atoms with Gasteiger partial charge >= 0.3 is 0 Å². The van der Waals surface area contributed by atoms with Crippen molar-refractivity contribution in [2.24, 2.45) is 0 Å². The Morgan fingerprint density at radius 2 is 2.00 bits per heavy atom. The molecule has 2 amide bonds. The summed E-state index contributed by atoms with van der Waals surface area (Å²) in [6, 6.07) is 9.64. The van der Waals surface area contributed by atoms with E-state index in [4.69, 9.17) is 0 Å².